The van der Waals surface area contributed by atoms with E-state index < -0.39 is 15.9 Å². The summed E-state index contributed by atoms with van der Waals surface area (Å²) >= 11 is 0. The van der Waals surface area contributed by atoms with Gasteiger partial charge in [-0.25, -0.2) is 13.1 Å². The maximum Gasteiger partial charge on any atom is 0.243 e. The van der Waals surface area contributed by atoms with Gasteiger partial charge in [-0.15, -0.1) is 0 Å². The van der Waals surface area contributed by atoms with Crippen LogP contribution < -0.4 is 5.32 Å². The predicted octanol–water partition coefficient (Wildman–Crippen LogP) is 4.12. The third kappa shape index (κ3) is 4.47. The molecule has 1 aromatic heterocycles. The molecule has 34 heavy (non-hydrogen) atoms. The maximum atomic E-state index is 13.1. The van der Waals surface area contributed by atoms with E-state index in [0.717, 1.165) is 16.3 Å². The van der Waals surface area contributed by atoms with Gasteiger partial charge in [-0.2, -0.15) is 9.40 Å². The van der Waals surface area contributed by atoms with Crippen molar-refractivity contribution in [1.82, 2.24) is 14.1 Å². The van der Waals surface area contributed by atoms with Crippen molar-refractivity contribution in [3.63, 3.8) is 0 Å². The van der Waals surface area contributed by atoms with E-state index in [9.17, 15) is 13.2 Å². The third-order valence-corrected chi connectivity index (χ3v) is 8.18. The number of amides is 1. The Kier molecular flexibility index (Phi) is 6.17. The Hall–Kier alpha value is -3.49. The van der Waals surface area contributed by atoms with Gasteiger partial charge in [0, 0.05) is 19.2 Å². The zero-order valence-corrected chi connectivity index (χ0v) is 19.5. The fourth-order valence-corrected chi connectivity index (χ4v) is 6.05. The molecule has 1 fully saturated rings. The highest BCUT2D eigenvalue weighted by atomic mass is 32.2. The molecule has 3 aromatic carbocycles. The van der Waals surface area contributed by atoms with Crippen molar-refractivity contribution in [3.8, 4) is 0 Å². The first-order chi connectivity index (χ1) is 16.5. The number of fused-ring (bicyclic) bond motifs is 1. The van der Waals surface area contributed by atoms with Crippen LogP contribution >= 0.6 is 0 Å². The van der Waals surface area contributed by atoms with E-state index in [2.05, 4.69) is 34.7 Å². The Morgan fingerprint density at radius 2 is 1.74 bits per heavy atom. The summed E-state index contributed by atoms with van der Waals surface area (Å²) in [6.45, 7) is 1.10. The lowest BCUT2D eigenvalue weighted by Crippen LogP contribution is -2.43. The van der Waals surface area contributed by atoms with Crippen LogP contribution in [-0.4, -0.2) is 41.5 Å². The van der Waals surface area contributed by atoms with Crippen molar-refractivity contribution in [1.29, 1.82) is 0 Å². The van der Waals surface area contributed by atoms with Crippen LogP contribution in [0.5, 0.6) is 0 Å². The highest BCUT2D eigenvalue weighted by Gasteiger charge is 2.33. The Morgan fingerprint density at radius 3 is 2.59 bits per heavy atom. The summed E-state index contributed by atoms with van der Waals surface area (Å²) < 4.78 is 29.2. The lowest BCUT2D eigenvalue weighted by molar-refractivity contribution is -0.120. The Bertz CT molecular complexity index is 1410. The molecule has 1 aliphatic heterocycles. The van der Waals surface area contributed by atoms with Gasteiger partial charge >= 0.3 is 0 Å². The number of sulfonamides is 1. The Morgan fingerprint density at radius 1 is 0.971 bits per heavy atom. The quantitative estimate of drug-likeness (QED) is 0.456. The zero-order valence-electron chi connectivity index (χ0n) is 18.7. The second-order valence-corrected chi connectivity index (χ2v) is 10.5. The summed E-state index contributed by atoms with van der Waals surface area (Å²) in [4.78, 5) is 13.4. The molecular weight excluding hydrogens is 448 g/mol. The molecule has 1 amide bonds. The van der Waals surface area contributed by atoms with E-state index in [1.54, 1.807) is 47.3 Å². The molecule has 8 heteroatoms. The minimum absolute atomic E-state index is 0.167. The smallest absolute Gasteiger partial charge is 0.243 e. The average molecular weight is 475 g/mol. The van der Waals surface area contributed by atoms with Crippen LogP contribution in [-0.2, 0) is 21.4 Å². The summed E-state index contributed by atoms with van der Waals surface area (Å²) in [7, 11) is -3.62. The van der Waals surface area contributed by atoms with E-state index >= 15 is 0 Å². The topological polar surface area (TPSA) is 84.3 Å². The number of hydrogen-bond acceptors (Lipinski definition) is 4. The number of aromatic nitrogens is 2. The van der Waals surface area contributed by atoms with E-state index in [1.165, 1.54) is 4.31 Å². The van der Waals surface area contributed by atoms with Crippen molar-refractivity contribution in [2.75, 3.05) is 18.4 Å². The van der Waals surface area contributed by atoms with Gasteiger partial charge in [0.2, 0.25) is 15.9 Å². The lowest BCUT2D eigenvalue weighted by atomic mass is 9.99. The highest BCUT2D eigenvalue weighted by molar-refractivity contribution is 7.89. The van der Waals surface area contributed by atoms with Crippen molar-refractivity contribution in [3.05, 3.63) is 90.6 Å². The third-order valence-electron chi connectivity index (χ3n) is 6.30. The number of carbonyl (C=O) groups excluding carboxylic acids is 1. The van der Waals surface area contributed by atoms with Gasteiger partial charge in [-0.3, -0.25) is 4.79 Å². The van der Waals surface area contributed by atoms with Gasteiger partial charge < -0.3 is 5.32 Å². The fraction of sp³-hybridized carbons (Fsp3) is 0.231. The van der Waals surface area contributed by atoms with Crippen LogP contribution in [0.25, 0.3) is 10.8 Å². The normalized spacial score (nSPS) is 17.0. The molecule has 0 saturated carbocycles. The summed E-state index contributed by atoms with van der Waals surface area (Å²) in [5.41, 5.74) is 1.11. The van der Waals surface area contributed by atoms with Crippen LogP contribution in [0.15, 0.2) is 90.0 Å². The van der Waals surface area contributed by atoms with E-state index in [4.69, 9.17) is 0 Å². The average Bonchev–Trinajstić information content (AvgIpc) is 3.31. The monoisotopic (exact) mass is 474 g/mol. The van der Waals surface area contributed by atoms with Gasteiger partial charge in [-0.05, 0) is 41.3 Å². The predicted molar refractivity (Wildman–Crippen MR) is 132 cm³/mol. The van der Waals surface area contributed by atoms with E-state index in [-0.39, 0.29) is 17.3 Å². The highest BCUT2D eigenvalue weighted by Crippen LogP contribution is 2.25. The molecule has 174 valence electrons. The second-order valence-electron chi connectivity index (χ2n) is 8.52. The molecule has 2 heterocycles. The first kappa shape index (κ1) is 22.3. The maximum absolute atomic E-state index is 13.1. The second kappa shape index (κ2) is 9.40. The molecule has 0 radical (unpaired) electrons. The molecule has 0 bridgehead atoms. The Balaban J connectivity index is 1.30. The number of hydrogen-bond donors (Lipinski definition) is 1. The van der Waals surface area contributed by atoms with Crippen molar-refractivity contribution < 1.29 is 13.2 Å². The van der Waals surface area contributed by atoms with Gasteiger partial charge in [-0.1, -0.05) is 60.7 Å². The lowest BCUT2D eigenvalue weighted by Gasteiger charge is -2.31. The number of nitrogens with zero attached hydrogens (tertiary/aromatic N) is 3. The summed E-state index contributed by atoms with van der Waals surface area (Å²) in [6.07, 6.45) is 2.94. The molecule has 1 saturated heterocycles. The SMILES string of the molecule is O=C(Nc1ccnn1Cc1cccc2ccccc12)C1CCCN(S(=O)(=O)c2ccccc2)C1. The van der Waals surface area contributed by atoms with E-state index in [1.807, 2.05) is 18.2 Å². The molecule has 4 aromatic rings. The molecule has 1 N–H and O–H groups in total. The van der Waals surface area contributed by atoms with Gasteiger partial charge in [0.05, 0.1) is 23.6 Å². The molecular formula is C26H26N4O3S. The molecule has 0 spiro atoms. The summed E-state index contributed by atoms with van der Waals surface area (Å²) in [5, 5.41) is 9.68. The van der Waals surface area contributed by atoms with Gasteiger partial charge in [0.1, 0.15) is 5.82 Å². The minimum Gasteiger partial charge on any atom is -0.311 e. The molecule has 1 unspecified atom stereocenters. The Labute approximate surface area is 199 Å². The first-order valence-corrected chi connectivity index (χ1v) is 12.8. The zero-order chi connectivity index (χ0) is 23.5. The number of piperidine rings is 1. The molecule has 1 atom stereocenters. The number of benzene rings is 3. The number of carbonyl (C=O) groups is 1. The van der Waals surface area contributed by atoms with Crippen molar-refractivity contribution in [2.45, 2.75) is 24.3 Å². The largest absolute Gasteiger partial charge is 0.311 e. The molecule has 7 nitrogen and oxygen atoms in total. The molecule has 1 aliphatic rings. The molecule has 5 rings (SSSR count). The number of rotatable bonds is 6. The molecule has 0 aliphatic carbocycles. The number of anilines is 1. The van der Waals surface area contributed by atoms with E-state index in [0.29, 0.717) is 31.7 Å². The van der Waals surface area contributed by atoms with Crippen LogP contribution in [0, 0.1) is 5.92 Å². The van der Waals surface area contributed by atoms with Gasteiger partial charge in [0.25, 0.3) is 0 Å². The number of nitrogens with one attached hydrogen (secondary N) is 1. The standard InChI is InChI=1S/C26H26N4O3S/c31-26(22-11-7-17-29(18-22)34(32,33)23-12-2-1-3-13-23)28-25-15-16-27-30(25)19-21-10-6-9-20-8-4-5-14-24(20)21/h1-6,8-10,12-16,22H,7,11,17-19H2,(H,28,31). The minimum atomic E-state index is -3.62. The van der Waals surface area contributed by atoms with Crippen LogP contribution in [0.4, 0.5) is 5.82 Å². The summed E-state index contributed by atoms with van der Waals surface area (Å²) in [6, 6.07) is 24.5. The fourth-order valence-electron chi connectivity index (χ4n) is 4.50. The first-order valence-electron chi connectivity index (χ1n) is 11.4. The van der Waals surface area contributed by atoms with Crippen molar-refractivity contribution >= 4 is 32.5 Å². The summed E-state index contributed by atoms with van der Waals surface area (Å²) in [5.74, 6) is -0.0123. The van der Waals surface area contributed by atoms with Crippen LogP contribution in [0.2, 0.25) is 0 Å². The van der Waals surface area contributed by atoms with Gasteiger partial charge in [0.15, 0.2) is 0 Å². The van der Waals surface area contributed by atoms with Crippen LogP contribution in [0.1, 0.15) is 18.4 Å². The van der Waals surface area contributed by atoms with Crippen molar-refractivity contribution in [2.24, 2.45) is 5.92 Å². The van der Waals surface area contributed by atoms with Crippen LogP contribution in [0.3, 0.4) is 0 Å².